The third-order valence-electron chi connectivity index (χ3n) is 3.92. The molecule has 4 rings (SSSR count). The summed E-state index contributed by atoms with van der Waals surface area (Å²) >= 11 is 0. The molecule has 0 saturated carbocycles. The molecule has 1 heterocycles. The van der Waals surface area contributed by atoms with Crippen molar-refractivity contribution in [1.29, 1.82) is 0 Å². The van der Waals surface area contributed by atoms with Crippen molar-refractivity contribution in [3.63, 3.8) is 0 Å². The molecule has 0 spiro atoms. The highest BCUT2D eigenvalue weighted by Crippen LogP contribution is 2.34. The first-order chi connectivity index (χ1) is 10.6. The van der Waals surface area contributed by atoms with Crippen molar-refractivity contribution in [2.75, 3.05) is 0 Å². The van der Waals surface area contributed by atoms with E-state index in [4.69, 9.17) is 0 Å². The predicted octanol–water partition coefficient (Wildman–Crippen LogP) is 4.64. The molecule has 0 unspecified atom stereocenters. The van der Waals surface area contributed by atoms with Gasteiger partial charge in [-0.05, 0) is 53.9 Å². The van der Waals surface area contributed by atoms with Crippen molar-refractivity contribution >= 4 is 16.5 Å². The van der Waals surface area contributed by atoms with Crippen LogP contribution in [-0.4, -0.2) is 4.98 Å². The first kappa shape index (κ1) is 13.1. The van der Waals surface area contributed by atoms with Crippen molar-refractivity contribution in [3.05, 3.63) is 82.8 Å². The maximum Gasteiger partial charge on any atom is 0.159 e. The molecular weight excluding hydrogens is 287 g/mol. The highest BCUT2D eigenvalue weighted by atomic mass is 19.2. The summed E-state index contributed by atoms with van der Waals surface area (Å²) in [4.78, 5) is 4.44. The zero-order valence-electron chi connectivity index (χ0n) is 11.4. The van der Waals surface area contributed by atoms with E-state index in [-0.39, 0.29) is 5.82 Å². The van der Waals surface area contributed by atoms with E-state index in [1.807, 2.05) is 6.08 Å². The van der Waals surface area contributed by atoms with Gasteiger partial charge in [0.1, 0.15) is 5.82 Å². The molecule has 0 bridgehead atoms. The number of nitrogens with zero attached hydrogens (tertiary/aromatic N) is 1. The van der Waals surface area contributed by atoms with Gasteiger partial charge in [-0.1, -0.05) is 12.1 Å². The molecule has 4 heteroatoms. The first-order valence-corrected chi connectivity index (χ1v) is 6.87. The Bertz CT molecular complexity index is 944. The lowest BCUT2D eigenvalue weighted by molar-refractivity contribution is 0.507. The van der Waals surface area contributed by atoms with Gasteiger partial charge in [0.2, 0.25) is 0 Å². The van der Waals surface area contributed by atoms with E-state index in [9.17, 15) is 13.2 Å². The van der Waals surface area contributed by atoms with Crippen LogP contribution in [0, 0.1) is 17.5 Å². The molecule has 1 aromatic heterocycles. The highest BCUT2D eigenvalue weighted by molar-refractivity contribution is 5.87. The lowest BCUT2D eigenvalue weighted by Gasteiger charge is -2.08. The van der Waals surface area contributed by atoms with Gasteiger partial charge >= 0.3 is 0 Å². The average molecular weight is 297 g/mol. The molecule has 108 valence electrons. The van der Waals surface area contributed by atoms with Gasteiger partial charge < -0.3 is 0 Å². The Kier molecular flexibility index (Phi) is 2.79. The molecule has 0 fully saturated rings. The normalized spacial score (nSPS) is 13.3. The summed E-state index contributed by atoms with van der Waals surface area (Å²) in [5.74, 6) is -2.05. The van der Waals surface area contributed by atoms with E-state index in [1.54, 1.807) is 24.3 Å². The number of fused-ring (bicyclic) bond motifs is 2. The molecule has 0 radical (unpaired) electrons. The van der Waals surface area contributed by atoms with Crippen molar-refractivity contribution in [2.45, 2.75) is 6.42 Å². The molecule has 0 atom stereocenters. The van der Waals surface area contributed by atoms with Gasteiger partial charge in [-0.15, -0.1) is 0 Å². The molecule has 3 aromatic rings. The van der Waals surface area contributed by atoms with Gasteiger partial charge in [0.25, 0.3) is 0 Å². The van der Waals surface area contributed by atoms with E-state index in [0.717, 1.165) is 11.1 Å². The zero-order valence-corrected chi connectivity index (χ0v) is 11.4. The minimum atomic E-state index is -0.876. The van der Waals surface area contributed by atoms with Crippen LogP contribution in [0.2, 0.25) is 0 Å². The lowest BCUT2D eigenvalue weighted by atomic mass is 10.0. The molecule has 1 aliphatic rings. The molecule has 0 aliphatic heterocycles. The summed E-state index contributed by atoms with van der Waals surface area (Å²) in [5.41, 5.74) is 3.29. The number of halogens is 3. The Morgan fingerprint density at radius 3 is 2.55 bits per heavy atom. The molecule has 1 nitrogen and oxygen atoms in total. The smallest absolute Gasteiger partial charge is 0.159 e. The monoisotopic (exact) mass is 297 g/mol. The van der Waals surface area contributed by atoms with Crippen LogP contribution >= 0.6 is 0 Å². The molecule has 22 heavy (non-hydrogen) atoms. The van der Waals surface area contributed by atoms with Crippen molar-refractivity contribution in [3.8, 4) is 0 Å². The van der Waals surface area contributed by atoms with Gasteiger partial charge in [-0.3, -0.25) is 0 Å². The Hall–Kier alpha value is -2.62. The van der Waals surface area contributed by atoms with Crippen molar-refractivity contribution in [2.24, 2.45) is 0 Å². The van der Waals surface area contributed by atoms with E-state index >= 15 is 0 Å². The van der Waals surface area contributed by atoms with Crippen LogP contribution in [0.5, 0.6) is 0 Å². The summed E-state index contributed by atoms with van der Waals surface area (Å²) in [5, 5.41) is 0.440. The highest BCUT2D eigenvalue weighted by Gasteiger charge is 2.20. The number of rotatable bonds is 1. The summed E-state index contributed by atoms with van der Waals surface area (Å²) < 4.78 is 40.5. The Morgan fingerprint density at radius 2 is 1.68 bits per heavy atom. The topological polar surface area (TPSA) is 12.9 Å². The minimum Gasteiger partial charge on any atom is -0.248 e. The van der Waals surface area contributed by atoms with Gasteiger partial charge in [-0.25, -0.2) is 18.2 Å². The molecule has 1 aliphatic carbocycles. The SMILES string of the molecule is Fc1cc2c(cc1F)C(c1ccc3c(F)cccc3n1)=CC2. The van der Waals surface area contributed by atoms with Gasteiger partial charge in [0.05, 0.1) is 11.2 Å². The van der Waals surface area contributed by atoms with Crippen LogP contribution in [0.15, 0.2) is 48.5 Å². The third kappa shape index (κ3) is 1.91. The second-order valence-electron chi connectivity index (χ2n) is 5.25. The van der Waals surface area contributed by atoms with Crippen LogP contribution in [0.3, 0.4) is 0 Å². The molecule has 0 N–H and O–H groups in total. The Balaban J connectivity index is 1.87. The number of allylic oxidation sites excluding steroid dienone is 1. The van der Waals surface area contributed by atoms with Gasteiger partial charge in [0.15, 0.2) is 11.6 Å². The Morgan fingerprint density at radius 1 is 0.864 bits per heavy atom. The molecular formula is C18H10F3N. The standard InChI is InChI=1S/C18H10F3N/c19-14-2-1-3-17-12(14)6-7-18(22-17)11-5-4-10-8-15(20)16(21)9-13(10)11/h1-3,5-9H,4H2. The molecule has 0 saturated heterocycles. The van der Waals surface area contributed by atoms with E-state index in [1.165, 1.54) is 18.2 Å². The second-order valence-corrected chi connectivity index (χ2v) is 5.25. The van der Waals surface area contributed by atoms with E-state index in [0.29, 0.717) is 28.6 Å². The summed E-state index contributed by atoms with van der Waals surface area (Å²) in [6, 6.07) is 10.5. The van der Waals surface area contributed by atoms with Crippen LogP contribution in [0.4, 0.5) is 13.2 Å². The van der Waals surface area contributed by atoms with Crippen LogP contribution in [0.1, 0.15) is 16.8 Å². The fourth-order valence-corrected chi connectivity index (χ4v) is 2.84. The lowest BCUT2D eigenvalue weighted by Crippen LogP contribution is -1.95. The zero-order chi connectivity index (χ0) is 15.3. The predicted molar refractivity (Wildman–Crippen MR) is 78.8 cm³/mol. The first-order valence-electron chi connectivity index (χ1n) is 6.87. The van der Waals surface area contributed by atoms with Crippen molar-refractivity contribution in [1.82, 2.24) is 4.98 Å². The van der Waals surface area contributed by atoms with Crippen LogP contribution in [-0.2, 0) is 6.42 Å². The minimum absolute atomic E-state index is 0.328. The average Bonchev–Trinajstić information content (AvgIpc) is 2.90. The number of hydrogen-bond acceptors (Lipinski definition) is 1. The van der Waals surface area contributed by atoms with Crippen molar-refractivity contribution < 1.29 is 13.2 Å². The number of pyridine rings is 1. The van der Waals surface area contributed by atoms with Gasteiger partial charge in [0, 0.05) is 11.0 Å². The number of benzene rings is 2. The largest absolute Gasteiger partial charge is 0.248 e. The number of hydrogen-bond donors (Lipinski definition) is 0. The maximum absolute atomic E-state index is 13.7. The third-order valence-corrected chi connectivity index (χ3v) is 3.92. The molecule has 2 aromatic carbocycles. The fourth-order valence-electron chi connectivity index (χ4n) is 2.84. The molecule has 0 amide bonds. The fraction of sp³-hybridized carbons (Fsp3) is 0.0556. The van der Waals surface area contributed by atoms with Crippen LogP contribution < -0.4 is 0 Å². The quantitative estimate of drug-likeness (QED) is 0.637. The van der Waals surface area contributed by atoms with E-state index < -0.39 is 11.6 Å². The van der Waals surface area contributed by atoms with Crippen LogP contribution in [0.25, 0.3) is 16.5 Å². The Labute approximate surface area is 124 Å². The van der Waals surface area contributed by atoms with E-state index in [2.05, 4.69) is 4.98 Å². The summed E-state index contributed by atoms with van der Waals surface area (Å²) in [7, 11) is 0. The maximum atomic E-state index is 13.7. The second kappa shape index (κ2) is 4.70. The van der Waals surface area contributed by atoms with Gasteiger partial charge in [-0.2, -0.15) is 0 Å². The summed E-state index contributed by atoms with van der Waals surface area (Å²) in [6.45, 7) is 0. The number of aromatic nitrogens is 1. The summed E-state index contributed by atoms with van der Waals surface area (Å²) in [6.07, 6.45) is 2.42.